The molecule has 96 valence electrons. The van der Waals surface area contributed by atoms with Gasteiger partial charge in [0, 0.05) is 17.5 Å². The van der Waals surface area contributed by atoms with Gasteiger partial charge in [0.25, 0.3) is 0 Å². The molecule has 2 nitrogen and oxygen atoms in total. The predicted molar refractivity (Wildman–Crippen MR) is 78.2 cm³/mol. The Balaban J connectivity index is 1.87. The van der Waals surface area contributed by atoms with Crippen LogP contribution in [0.1, 0.15) is 34.7 Å². The Morgan fingerprint density at radius 1 is 1.28 bits per heavy atom. The van der Waals surface area contributed by atoms with Crippen LogP contribution in [-0.2, 0) is 6.42 Å². The highest BCUT2D eigenvalue weighted by atomic mass is 32.1. The van der Waals surface area contributed by atoms with Gasteiger partial charge in [0.1, 0.15) is 0 Å². The van der Waals surface area contributed by atoms with E-state index < -0.39 is 0 Å². The van der Waals surface area contributed by atoms with Gasteiger partial charge >= 0.3 is 0 Å². The maximum absolute atomic E-state index is 4.28. The molecular weight excluding hydrogens is 240 g/mol. The molecule has 0 unspecified atom stereocenters. The van der Waals surface area contributed by atoms with Crippen molar-refractivity contribution in [3.63, 3.8) is 0 Å². The van der Waals surface area contributed by atoms with Gasteiger partial charge in [-0.05, 0) is 38.3 Å². The molecule has 0 radical (unpaired) electrons. The largest absolute Gasteiger partial charge is 0.310 e. The second-order valence-corrected chi connectivity index (χ2v) is 5.58. The van der Waals surface area contributed by atoms with E-state index in [1.54, 1.807) is 11.3 Å². The Bertz CT molecular complexity index is 505. The van der Waals surface area contributed by atoms with Gasteiger partial charge in [0.2, 0.25) is 0 Å². The van der Waals surface area contributed by atoms with Crippen LogP contribution in [0.4, 0.5) is 0 Å². The van der Waals surface area contributed by atoms with E-state index in [-0.39, 0.29) is 0 Å². The second-order valence-electron chi connectivity index (χ2n) is 4.64. The lowest BCUT2D eigenvalue weighted by Gasteiger charge is -2.16. The molecule has 0 spiro atoms. The zero-order valence-electron chi connectivity index (χ0n) is 11.2. The van der Waals surface area contributed by atoms with Crippen molar-refractivity contribution < 1.29 is 0 Å². The van der Waals surface area contributed by atoms with Crippen molar-refractivity contribution in [1.29, 1.82) is 0 Å². The van der Waals surface area contributed by atoms with E-state index in [1.807, 2.05) is 5.51 Å². The van der Waals surface area contributed by atoms with E-state index in [1.165, 1.54) is 21.7 Å². The summed E-state index contributed by atoms with van der Waals surface area (Å²) in [6.45, 7) is 7.47. The van der Waals surface area contributed by atoms with Gasteiger partial charge < -0.3 is 5.32 Å². The molecular formula is C15H20N2S. The molecule has 0 saturated heterocycles. The summed E-state index contributed by atoms with van der Waals surface area (Å²) in [5.41, 5.74) is 5.84. The van der Waals surface area contributed by atoms with E-state index in [0.717, 1.165) is 13.0 Å². The standard InChI is InChI=1S/C15H20N2S/c1-11-6-4-5-7-14(11)12(2)16-9-8-15-13(3)17-10-18-15/h4-7,10,12,16H,8-9H2,1-3H3/t12-/m1/s1. The Morgan fingerprint density at radius 2 is 2.06 bits per heavy atom. The monoisotopic (exact) mass is 260 g/mol. The van der Waals surface area contributed by atoms with Crippen LogP contribution in [0.25, 0.3) is 0 Å². The Kier molecular flexibility index (Phi) is 4.50. The minimum Gasteiger partial charge on any atom is -0.310 e. The number of hydrogen-bond acceptors (Lipinski definition) is 3. The zero-order chi connectivity index (χ0) is 13.0. The molecule has 0 bridgehead atoms. The highest BCUT2D eigenvalue weighted by Gasteiger charge is 2.07. The average Bonchev–Trinajstić information content (AvgIpc) is 2.75. The Hall–Kier alpha value is -1.19. The Morgan fingerprint density at radius 3 is 2.72 bits per heavy atom. The number of hydrogen-bond donors (Lipinski definition) is 1. The molecule has 0 aliphatic rings. The van der Waals surface area contributed by atoms with E-state index in [0.29, 0.717) is 6.04 Å². The average molecular weight is 260 g/mol. The van der Waals surface area contributed by atoms with Crippen LogP contribution in [0, 0.1) is 13.8 Å². The summed E-state index contributed by atoms with van der Waals surface area (Å²) in [6, 6.07) is 8.96. The van der Waals surface area contributed by atoms with Crippen molar-refractivity contribution in [2.24, 2.45) is 0 Å². The maximum Gasteiger partial charge on any atom is 0.0797 e. The molecule has 0 fully saturated rings. The summed E-state index contributed by atoms with van der Waals surface area (Å²) in [5, 5.41) is 3.58. The van der Waals surface area contributed by atoms with E-state index in [9.17, 15) is 0 Å². The van der Waals surface area contributed by atoms with Gasteiger partial charge in [0.15, 0.2) is 0 Å². The quantitative estimate of drug-likeness (QED) is 0.887. The number of aromatic nitrogens is 1. The van der Waals surface area contributed by atoms with Gasteiger partial charge in [0.05, 0.1) is 11.2 Å². The minimum atomic E-state index is 0.402. The summed E-state index contributed by atoms with van der Waals surface area (Å²) < 4.78 is 0. The van der Waals surface area contributed by atoms with Crippen molar-refractivity contribution in [2.75, 3.05) is 6.54 Å². The molecule has 0 amide bonds. The van der Waals surface area contributed by atoms with Crippen molar-refractivity contribution in [3.8, 4) is 0 Å². The van der Waals surface area contributed by atoms with Crippen molar-refractivity contribution >= 4 is 11.3 Å². The van der Waals surface area contributed by atoms with E-state index in [4.69, 9.17) is 0 Å². The first kappa shape index (κ1) is 13.2. The topological polar surface area (TPSA) is 24.9 Å². The van der Waals surface area contributed by atoms with E-state index in [2.05, 4.69) is 55.3 Å². The summed E-state index contributed by atoms with van der Waals surface area (Å²) in [5.74, 6) is 0. The van der Waals surface area contributed by atoms with Crippen LogP contribution < -0.4 is 5.32 Å². The number of thiazole rings is 1. The van der Waals surface area contributed by atoms with Crippen LogP contribution in [0.15, 0.2) is 29.8 Å². The molecule has 0 saturated carbocycles. The number of benzene rings is 1. The lowest BCUT2D eigenvalue weighted by Crippen LogP contribution is -2.21. The second kappa shape index (κ2) is 6.12. The van der Waals surface area contributed by atoms with Crippen LogP contribution in [0.5, 0.6) is 0 Å². The molecule has 0 aliphatic heterocycles. The minimum absolute atomic E-state index is 0.402. The fourth-order valence-corrected chi connectivity index (χ4v) is 2.93. The predicted octanol–water partition coefficient (Wildman–Crippen LogP) is 3.65. The normalized spacial score (nSPS) is 12.6. The molecule has 1 N–H and O–H groups in total. The number of rotatable bonds is 5. The molecule has 1 aromatic carbocycles. The van der Waals surface area contributed by atoms with Crippen LogP contribution >= 0.6 is 11.3 Å². The maximum atomic E-state index is 4.28. The fraction of sp³-hybridized carbons (Fsp3) is 0.400. The van der Waals surface area contributed by atoms with Crippen molar-refractivity contribution in [3.05, 3.63) is 51.5 Å². The lowest BCUT2D eigenvalue weighted by atomic mass is 10.0. The van der Waals surface area contributed by atoms with Crippen molar-refractivity contribution in [2.45, 2.75) is 33.2 Å². The highest BCUT2D eigenvalue weighted by Crippen LogP contribution is 2.17. The van der Waals surface area contributed by atoms with Gasteiger partial charge in [-0.25, -0.2) is 4.98 Å². The van der Waals surface area contributed by atoms with Crippen molar-refractivity contribution in [1.82, 2.24) is 10.3 Å². The fourth-order valence-electron chi connectivity index (χ4n) is 2.15. The Labute approximate surface area is 113 Å². The molecule has 18 heavy (non-hydrogen) atoms. The van der Waals surface area contributed by atoms with E-state index >= 15 is 0 Å². The van der Waals surface area contributed by atoms with Gasteiger partial charge in [-0.15, -0.1) is 11.3 Å². The number of nitrogens with one attached hydrogen (secondary N) is 1. The SMILES string of the molecule is Cc1ccccc1[C@@H](C)NCCc1scnc1C. The molecule has 3 heteroatoms. The molecule has 1 atom stereocenters. The molecule has 2 rings (SSSR count). The summed E-state index contributed by atoms with van der Waals surface area (Å²) >= 11 is 1.75. The first-order chi connectivity index (χ1) is 8.68. The van der Waals surface area contributed by atoms with Gasteiger partial charge in [-0.1, -0.05) is 24.3 Å². The molecule has 2 aromatic rings. The summed E-state index contributed by atoms with van der Waals surface area (Å²) in [6.07, 6.45) is 1.06. The summed E-state index contributed by atoms with van der Waals surface area (Å²) in [4.78, 5) is 5.67. The first-order valence-electron chi connectivity index (χ1n) is 6.36. The highest BCUT2D eigenvalue weighted by molar-refractivity contribution is 7.09. The third kappa shape index (κ3) is 3.18. The molecule has 1 aromatic heterocycles. The molecule has 0 aliphatic carbocycles. The first-order valence-corrected chi connectivity index (χ1v) is 7.24. The number of aryl methyl sites for hydroxylation is 2. The third-order valence-corrected chi connectivity index (χ3v) is 4.30. The van der Waals surface area contributed by atoms with Crippen LogP contribution in [0.3, 0.4) is 0 Å². The smallest absolute Gasteiger partial charge is 0.0797 e. The zero-order valence-corrected chi connectivity index (χ0v) is 12.1. The van der Waals surface area contributed by atoms with Gasteiger partial charge in [-0.3, -0.25) is 0 Å². The third-order valence-electron chi connectivity index (χ3n) is 3.30. The number of nitrogens with zero attached hydrogens (tertiary/aromatic N) is 1. The van der Waals surface area contributed by atoms with Crippen LogP contribution in [-0.4, -0.2) is 11.5 Å². The summed E-state index contributed by atoms with van der Waals surface area (Å²) in [7, 11) is 0. The molecule has 1 heterocycles. The van der Waals surface area contributed by atoms with Gasteiger partial charge in [-0.2, -0.15) is 0 Å². The lowest BCUT2D eigenvalue weighted by molar-refractivity contribution is 0.575. The van der Waals surface area contributed by atoms with Crippen LogP contribution in [0.2, 0.25) is 0 Å².